The Bertz CT molecular complexity index is 1030. The van der Waals surface area contributed by atoms with Crippen LogP contribution in [0.15, 0.2) is 72.8 Å². The topological polar surface area (TPSA) is 50.9 Å². The van der Waals surface area contributed by atoms with Gasteiger partial charge in [-0.1, -0.05) is 54.6 Å². The number of phenols is 1. The maximum Gasteiger partial charge on any atom is 0.143 e. The summed E-state index contributed by atoms with van der Waals surface area (Å²) in [5.74, 6) is 0.148. The summed E-state index contributed by atoms with van der Waals surface area (Å²) in [6, 6.07) is 23.3. The minimum atomic E-state index is 0.148. The van der Waals surface area contributed by atoms with Crippen LogP contribution in [0.1, 0.15) is 18.1 Å². The van der Waals surface area contributed by atoms with Gasteiger partial charge in [0.05, 0.1) is 0 Å². The van der Waals surface area contributed by atoms with Crippen molar-refractivity contribution in [3.05, 3.63) is 83.9 Å². The molecule has 0 radical (unpaired) electrons. The molecule has 0 spiro atoms. The summed E-state index contributed by atoms with van der Waals surface area (Å²) in [5.41, 5.74) is 5.45. The van der Waals surface area contributed by atoms with Crippen LogP contribution in [0.2, 0.25) is 0 Å². The van der Waals surface area contributed by atoms with E-state index in [9.17, 15) is 5.11 Å². The van der Waals surface area contributed by atoms with Crippen molar-refractivity contribution < 1.29 is 5.11 Å². The Kier molecular flexibility index (Phi) is 3.78. The largest absolute Gasteiger partial charge is 0.506 e. The van der Waals surface area contributed by atoms with E-state index < -0.39 is 0 Å². The predicted octanol–water partition coefficient (Wildman–Crippen LogP) is 4.69. The lowest BCUT2D eigenvalue weighted by molar-refractivity contribution is 0.467. The van der Waals surface area contributed by atoms with Crippen LogP contribution in [0.5, 0.6) is 5.75 Å². The van der Waals surface area contributed by atoms with E-state index in [-0.39, 0.29) is 5.75 Å². The molecular formula is C21H17N3O. The standard InChI is InChI=1S/C21H17N3O/c1-15(17-7-3-2-4-8-17)13-16-11-12-21(25)20(14-16)24-22-18-9-5-6-10-19(18)23-24/h2-14,25H,1H3. The number of aromatic hydroxyl groups is 1. The molecule has 4 heteroatoms. The number of aromatic nitrogens is 3. The van der Waals surface area contributed by atoms with E-state index in [1.54, 1.807) is 6.07 Å². The van der Waals surface area contributed by atoms with Crippen LogP contribution in [0.25, 0.3) is 28.4 Å². The number of benzene rings is 3. The lowest BCUT2D eigenvalue weighted by Gasteiger charge is -2.06. The molecule has 4 aromatic rings. The Morgan fingerprint density at radius 1 is 0.880 bits per heavy atom. The van der Waals surface area contributed by atoms with Crippen LogP contribution in [0.3, 0.4) is 0 Å². The molecule has 4 rings (SSSR count). The highest BCUT2D eigenvalue weighted by atomic mass is 16.3. The van der Waals surface area contributed by atoms with Crippen molar-refractivity contribution in [1.82, 2.24) is 15.0 Å². The van der Waals surface area contributed by atoms with Crippen LogP contribution < -0.4 is 0 Å². The third-order valence-corrected chi connectivity index (χ3v) is 4.11. The van der Waals surface area contributed by atoms with Gasteiger partial charge in [0.25, 0.3) is 0 Å². The van der Waals surface area contributed by atoms with E-state index in [0.29, 0.717) is 5.69 Å². The van der Waals surface area contributed by atoms with Gasteiger partial charge >= 0.3 is 0 Å². The zero-order chi connectivity index (χ0) is 17.2. The van der Waals surface area contributed by atoms with Gasteiger partial charge in [-0.2, -0.15) is 0 Å². The van der Waals surface area contributed by atoms with E-state index in [4.69, 9.17) is 0 Å². The van der Waals surface area contributed by atoms with Crippen LogP contribution >= 0.6 is 0 Å². The van der Waals surface area contributed by atoms with E-state index in [0.717, 1.165) is 22.2 Å². The van der Waals surface area contributed by atoms with Crippen molar-refractivity contribution in [2.24, 2.45) is 0 Å². The highest BCUT2D eigenvalue weighted by Crippen LogP contribution is 2.25. The summed E-state index contributed by atoms with van der Waals surface area (Å²) in [7, 11) is 0. The summed E-state index contributed by atoms with van der Waals surface area (Å²) in [6.07, 6.45) is 2.08. The normalized spacial score (nSPS) is 11.8. The molecule has 0 amide bonds. The number of allylic oxidation sites excluding steroid dienone is 1. The minimum Gasteiger partial charge on any atom is -0.506 e. The Morgan fingerprint density at radius 3 is 2.20 bits per heavy atom. The minimum absolute atomic E-state index is 0.148. The van der Waals surface area contributed by atoms with Crippen molar-refractivity contribution in [2.45, 2.75) is 6.92 Å². The highest BCUT2D eigenvalue weighted by Gasteiger charge is 2.09. The van der Waals surface area contributed by atoms with E-state index in [2.05, 4.69) is 35.3 Å². The lowest BCUT2D eigenvalue weighted by atomic mass is 10.0. The van der Waals surface area contributed by atoms with Gasteiger partial charge in [0.15, 0.2) is 0 Å². The van der Waals surface area contributed by atoms with Crippen LogP contribution in [-0.4, -0.2) is 20.1 Å². The zero-order valence-electron chi connectivity index (χ0n) is 13.8. The molecule has 1 aromatic heterocycles. The van der Waals surface area contributed by atoms with Gasteiger partial charge in [0.1, 0.15) is 22.5 Å². The molecule has 25 heavy (non-hydrogen) atoms. The molecular weight excluding hydrogens is 310 g/mol. The van der Waals surface area contributed by atoms with Crippen molar-refractivity contribution in [3.63, 3.8) is 0 Å². The van der Waals surface area contributed by atoms with Crippen LogP contribution in [0.4, 0.5) is 0 Å². The first-order valence-electron chi connectivity index (χ1n) is 8.10. The average molecular weight is 327 g/mol. The van der Waals surface area contributed by atoms with Gasteiger partial charge < -0.3 is 5.11 Å². The van der Waals surface area contributed by atoms with Gasteiger partial charge in [0.2, 0.25) is 0 Å². The van der Waals surface area contributed by atoms with Gasteiger partial charge in [-0.15, -0.1) is 15.0 Å². The first-order chi connectivity index (χ1) is 12.2. The third-order valence-electron chi connectivity index (χ3n) is 4.11. The van der Waals surface area contributed by atoms with Crippen molar-refractivity contribution in [1.29, 1.82) is 0 Å². The smallest absolute Gasteiger partial charge is 0.143 e. The van der Waals surface area contributed by atoms with Crippen molar-refractivity contribution in [2.75, 3.05) is 0 Å². The molecule has 0 saturated carbocycles. The van der Waals surface area contributed by atoms with Crippen molar-refractivity contribution in [3.8, 4) is 11.4 Å². The summed E-state index contributed by atoms with van der Waals surface area (Å²) in [4.78, 5) is 1.48. The number of nitrogens with zero attached hydrogens (tertiary/aromatic N) is 3. The Morgan fingerprint density at radius 2 is 1.52 bits per heavy atom. The molecule has 0 aliphatic carbocycles. The predicted molar refractivity (Wildman–Crippen MR) is 101 cm³/mol. The molecule has 0 fully saturated rings. The van der Waals surface area contributed by atoms with Crippen molar-refractivity contribution >= 4 is 22.7 Å². The fraction of sp³-hybridized carbons (Fsp3) is 0.0476. The number of hydrogen-bond acceptors (Lipinski definition) is 3. The number of hydrogen-bond donors (Lipinski definition) is 1. The van der Waals surface area contributed by atoms with Gasteiger partial charge in [0, 0.05) is 0 Å². The Balaban J connectivity index is 1.76. The summed E-state index contributed by atoms with van der Waals surface area (Å²) in [6.45, 7) is 2.07. The fourth-order valence-corrected chi connectivity index (χ4v) is 2.79. The summed E-state index contributed by atoms with van der Waals surface area (Å²) < 4.78 is 0. The van der Waals surface area contributed by atoms with Gasteiger partial charge in [-0.25, -0.2) is 0 Å². The third kappa shape index (κ3) is 3.02. The van der Waals surface area contributed by atoms with Gasteiger partial charge in [-0.3, -0.25) is 0 Å². The zero-order valence-corrected chi connectivity index (χ0v) is 13.8. The first kappa shape index (κ1) is 15.1. The summed E-state index contributed by atoms with van der Waals surface area (Å²) >= 11 is 0. The Labute approximate surface area is 145 Å². The second-order valence-corrected chi connectivity index (χ2v) is 5.92. The quantitative estimate of drug-likeness (QED) is 0.556. The first-order valence-corrected chi connectivity index (χ1v) is 8.10. The van der Waals surface area contributed by atoms with Gasteiger partial charge in [-0.05, 0) is 47.9 Å². The summed E-state index contributed by atoms with van der Waals surface area (Å²) in [5, 5.41) is 19.1. The SMILES string of the molecule is CC(=Cc1ccc(O)c(-n2nc3ccccc3n2)c1)c1ccccc1. The number of rotatable bonds is 3. The number of fused-ring (bicyclic) bond motifs is 1. The molecule has 0 atom stereocenters. The fourth-order valence-electron chi connectivity index (χ4n) is 2.79. The molecule has 0 bridgehead atoms. The van der Waals surface area contributed by atoms with Crippen LogP contribution in [-0.2, 0) is 0 Å². The molecule has 122 valence electrons. The highest BCUT2D eigenvalue weighted by molar-refractivity contribution is 5.81. The monoisotopic (exact) mass is 327 g/mol. The van der Waals surface area contributed by atoms with Crippen LogP contribution in [0, 0.1) is 0 Å². The second-order valence-electron chi connectivity index (χ2n) is 5.92. The van der Waals surface area contributed by atoms with E-state index >= 15 is 0 Å². The van der Waals surface area contributed by atoms with E-state index in [1.807, 2.05) is 54.6 Å². The average Bonchev–Trinajstić information content (AvgIpc) is 3.08. The molecule has 0 unspecified atom stereocenters. The molecule has 0 saturated heterocycles. The molecule has 0 aliphatic rings. The molecule has 1 heterocycles. The molecule has 3 aromatic carbocycles. The molecule has 0 aliphatic heterocycles. The Hall–Kier alpha value is -3.40. The maximum atomic E-state index is 10.2. The molecule has 1 N–H and O–H groups in total. The maximum absolute atomic E-state index is 10.2. The lowest BCUT2D eigenvalue weighted by Crippen LogP contribution is -1.99. The van der Waals surface area contributed by atoms with E-state index in [1.165, 1.54) is 10.4 Å². The molecule has 4 nitrogen and oxygen atoms in total. The number of phenolic OH excluding ortho intramolecular Hbond substituents is 1. The second kappa shape index (κ2) is 6.24.